The van der Waals surface area contributed by atoms with E-state index < -0.39 is 35.5 Å². The summed E-state index contributed by atoms with van der Waals surface area (Å²) in [6.45, 7) is 3.38. The first kappa shape index (κ1) is 22.0. The van der Waals surface area contributed by atoms with Crippen LogP contribution in [0.25, 0.3) is 0 Å². The number of ether oxygens (including phenoxy) is 1. The predicted molar refractivity (Wildman–Crippen MR) is 108 cm³/mol. The van der Waals surface area contributed by atoms with Crippen molar-refractivity contribution in [2.45, 2.75) is 57.3 Å². The third-order valence-corrected chi connectivity index (χ3v) is 6.00. The molecule has 10 heteroatoms. The van der Waals surface area contributed by atoms with Gasteiger partial charge in [0, 0.05) is 18.2 Å². The highest BCUT2D eigenvalue weighted by atomic mass is 19.3. The topological polar surface area (TPSA) is 91.1 Å². The Morgan fingerprint density at radius 2 is 2.00 bits per heavy atom. The number of hydrogen-bond donors (Lipinski definition) is 1. The lowest BCUT2D eigenvalue weighted by atomic mass is 9.99. The molecule has 0 bridgehead atoms. The minimum atomic E-state index is -2.93. The van der Waals surface area contributed by atoms with Crippen LogP contribution in [0.5, 0.6) is 0 Å². The lowest BCUT2D eigenvalue weighted by molar-refractivity contribution is -0.147. The van der Waals surface area contributed by atoms with E-state index in [0.717, 1.165) is 6.07 Å². The summed E-state index contributed by atoms with van der Waals surface area (Å²) in [6, 6.07) is 5.38. The molecule has 2 heterocycles. The summed E-state index contributed by atoms with van der Waals surface area (Å²) in [4.78, 5) is 23.3. The molecule has 1 saturated carbocycles. The molecular weight excluding hydrogens is 423 g/mol. The number of fused-ring (bicyclic) bond motifs is 1. The van der Waals surface area contributed by atoms with Crippen LogP contribution in [0.3, 0.4) is 0 Å². The van der Waals surface area contributed by atoms with Gasteiger partial charge in [-0.3, -0.25) is 4.79 Å². The molecule has 1 N–H and O–H groups in total. The lowest BCUT2D eigenvalue weighted by Crippen LogP contribution is -2.47. The first-order valence-corrected chi connectivity index (χ1v) is 10.2. The van der Waals surface area contributed by atoms with Gasteiger partial charge in [-0.05, 0) is 26.7 Å². The Bertz CT molecular complexity index is 1110. The molecule has 1 fully saturated rings. The Hall–Kier alpha value is -3.19. The van der Waals surface area contributed by atoms with Crippen LogP contribution >= 0.6 is 0 Å². The number of anilines is 1. The number of halogens is 3. The number of benzene rings is 1. The fraction of sp³-hybridized carbons (Fsp3) is 0.455. The van der Waals surface area contributed by atoms with E-state index in [1.54, 1.807) is 13.8 Å². The van der Waals surface area contributed by atoms with Crippen molar-refractivity contribution in [3.8, 4) is 6.07 Å². The molecule has 1 amide bonds. The maximum absolute atomic E-state index is 14.7. The number of carbonyl (C=O) groups is 1. The summed E-state index contributed by atoms with van der Waals surface area (Å²) < 4.78 is 46.4. The van der Waals surface area contributed by atoms with E-state index in [1.165, 1.54) is 24.1 Å². The molecule has 4 rings (SSSR count). The Labute approximate surface area is 183 Å². The molecule has 168 valence electrons. The smallest absolute Gasteiger partial charge is 0.266 e. The van der Waals surface area contributed by atoms with E-state index in [9.17, 15) is 23.2 Å². The zero-order valence-electron chi connectivity index (χ0n) is 17.8. The van der Waals surface area contributed by atoms with Gasteiger partial charge in [-0.15, -0.1) is 0 Å². The number of aromatic nitrogens is 2. The minimum Gasteiger partial charge on any atom is -0.365 e. The zero-order valence-corrected chi connectivity index (χ0v) is 17.8. The normalized spacial score (nSPS) is 20.0. The molecule has 0 radical (unpaired) electrons. The van der Waals surface area contributed by atoms with Gasteiger partial charge >= 0.3 is 0 Å². The highest BCUT2D eigenvalue weighted by Crippen LogP contribution is 2.46. The molecule has 32 heavy (non-hydrogen) atoms. The predicted octanol–water partition coefficient (Wildman–Crippen LogP) is 4.12. The number of nitrogens with zero attached hydrogens (tertiary/aromatic N) is 4. The third kappa shape index (κ3) is 3.56. The van der Waals surface area contributed by atoms with Crippen molar-refractivity contribution in [2.75, 3.05) is 12.4 Å². The van der Waals surface area contributed by atoms with Gasteiger partial charge < -0.3 is 15.0 Å². The Kier molecular flexibility index (Phi) is 5.54. The summed E-state index contributed by atoms with van der Waals surface area (Å²) in [5, 5.41) is 12.7. The molecule has 1 aromatic heterocycles. The van der Waals surface area contributed by atoms with E-state index in [-0.39, 0.29) is 18.0 Å². The van der Waals surface area contributed by atoms with Gasteiger partial charge in [0.25, 0.3) is 12.3 Å². The summed E-state index contributed by atoms with van der Waals surface area (Å²) in [6.07, 6.45) is -2.79. The van der Waals surface area contributed by atoms with E-state index in [1.807, 2.05) is 0 Å². The number of carbonyl (C=O) groups excluding carboxylic acids is 1. The fourth-order valence-corrected chi connectivity index (χ4v) is 4.09. The van der Waals surface area contributed by atoms with Crippen molar-refractivity contribution in [3.63, 3.8) is 0 Å². The molecule has 0 saturated heterocycles. The number of nitrogens with one attached hydrogen (secondary N) is 1. The second-order valence-electron chi connectivity index (χ2n) is 8.08. The SMILES string of the molecule is CO[C@H]1C(=O)N(C2(C#N)CC2)Cc2c(N[C@H](C)c3cccc(C(F)F)c3F)nc(C)nc21. The molecule has 2 aliphatic rings. The fourth-order valence-electron chi connectivity index (χ4n) is 4.09. The molecular formula is C22H22F3N5O2. The molecule has 2 aromatic rings. The van der Waals surface area contributed by atoms with Crippen molar-refractivity contribution in [1.29, 1.82) is 5.26 Å². The second kappa shape index (κ2) is 8.06. The quantitative estimate of drug-likeness (QED) is 0.719. The van der Waals surface area contributed by atoms with Crippen molar-refractivity contribution < 1.29 is 22.7 Å². The van der Waals surface area contributed by atoms with Crippen LogP contribution < -0.4 is 5.32 Å². The molecule has 0 unspecified atom stereocenters. The summed E-state index contributed by atoms with van der Waals surface area (Å²) in [5.74, 6) is -0.609. The average molecular weight is 445 g/mol. The zero-order chi connectivity index (χ0) is 23.2. The molecule has 1 aliphatic heterocycles. The monoisotopic (exact) mass is 445 g/mol. The standard InChI is InChI=1S/C22H22F3N5O2/c1-11(13-5-4-6-14(16(13)23)19(24)25)27-20-15-9-30(22(10-26)7-8-22)21(31)18(32-3)17(15)28-12(2)29-20/h4-6,11,18-19H,7-9H2,1-3H3,(H,27,28,29)/t11-,18-/m1/s1. The van der Waals surface area contributed by atoms with Crippen molar-refractivity contribution in [3.05, 3.63) is 52.2 Å². The molecule has 2 atom stereocenters. The van der Waals surface area contributed by atoms with Crippen LogP contribution in [0.2, 0.25) is 0 Å². The number of nitriles is 1. The van der Waals surface area contributed by atoms with E-state index in [0.29, 0.717) is 35.7 Å². The minimum absolute atomic E-state index is 0.0653. The summed E-state index contributed by atoms with van der Waals surface area (Å²) in [7, 11) is 1.39. The number of rotatable bonds is 6. The van der Waals surface area contributed by atoms with Gasteiger partial charge in [0.2, 0.25) is 0 Å². The van der Waals surface area contributed by atoms with Crippen LogP contribution in [0.1, 0.15) is 66.5 Å². The highest BCUT2D eigenvalue weighted by molar-refractivity contribution is 5.86. The third-order valence-electron chi connectivity index (χ3n) is 6.00. The molecule has 1 aromatic carbocycles. The average Bonchev–Trinajstić information content (AvgIpc) is 3.54. The number of methoxy groups -OCH3 is 1. The lowest BCUT2D eigenvalue weighted by Gasteiger charge is -2.36. The van der Waals surface area contributed by atoms with Gasteiger partial charge in [-0.2, -0.15) is 5.26 Å². The van der Waals surface area contributed by atoms with Crippen molar-refractivity contribution in [2.24, 2.45) is 0 Å². The Morgan fingerprint density at radius 1 is 1.31 bits per heavy atom. The first-order valence-electron chi connectivity index (χ1n) is 10.2. The van der Waals surface area contributed by atoms with E-state index >= 15 is 0 Å². The number of amides is 1. The maximum atomic E-state index is 14.7. The van der Waals surface area contributed by atoms with Crippen LogP contribution in [-0.4, -0.2) is 33.4 Å². The molecule has 1 aliphatic carbocycles. The van der Waals surface area contributed by atoms with Gasteiger partial charge in [0.15, 0.2) is 6.10 Å². The van der Waals surface area contributed by atoms with Gasteiger partial charge in [-0.25, -0.2) is 23.1 Å². The maximum Gasteiger partial charge on any atom is 0.266 e. The highest BCUT2D eigenvalue weighted by Gasteiger charge is 2.54. The largest absolute Gasteiger partial charge is 0.365 e. The van der Waals surface area contributed by atoms with E-state index in [2.05, 4.69) is 21.4 Å². The van der Waals surface area contributed by atoms with Crippen LogP contribution in [0.4, 0.5) is 19.0 Å². The van der Waals surface area contributed by atoms with Gasteiger partial charge in [-0.1, -0.05) is 18.2 Å². The van der Waals surface area contributed by atoms with Gasteiger partial charge in [0.1, 0.15) is 23.0 Å². The van der Waals surface area contributed by atoms with Crippen LogP contribution in [-0.2, 0) is 16.1 Å². The van der Waals surface area contributed by atoms with E-state index in [4.69, 9.17) is 4.74 Å². The summed E-state index contributed by atoms with van der Waals surface area (Å²) in [5.41, 5.74) is -0.544. The first-order chi connectivity index (χ1) is 15.2. The van der Waals surface area contributed by atoms with Crippen LogP contribution in [0.15, 0.2) is 18.2 Å². The molecule has 0 spiro atoms. The summed E-state index contributed by atoms with van der Waals surface area (Å²) >= 11 is 0. The molecule has 7 nitrogen and oxygen atoms in total. The number of aryl methyl sites for hydroxylation is 1. The number of alkyl halides is 2. The van der Waals surface area contributed by atoms with Crippen molar-refractivity contribution in [1.82, 2.24) is 14.9 Å². The van der Waals surface area contributed by atoms with Crippen molar-refractivity contribution >= 4 is 11.7 Å². The Morgan fingerprint density at radius 3 is 2.59 bits per heavy atom. The second-order valence-corrected chi connectivity index (χ2v) is 8.08. The number of hydrogen-bond acceptors (Lipinski definition) is 6. The van der Waals surface area contributed by atoms with Crippen LogP contribution in [0, 0.1) is 24.1 Å². The Balaban J connectivity index is 1.74. The van der Waals surface area contributed by atoms with Gasteiger partial charge in [0.05, 0.1) is 29.9 Å².